The minimum Gasteiger partial charge on any atom is -0.497 e. The van der Waals surface area contributed by atoms with Crippen molar-refractivity contribution >= 4 is 22.6 Å². The van der Waals surface area contributed by atoms with Crippen molar-refractivity contribution < 1.29 is 4.74 Å². The summed E-state index contributed by atoms with van der Waals surface area (Å²) in [6.45, 7) is 5.40. The average Bonchev–Trinajstić information content (AvgIpc) is 2.79. The van der Waals surface area contributed by atoms with Crippen LogP contribution in [0.1, 0.15) is 13.8 Å². The molecule has 1 aromatic carbocycles. The van der Waals surface area contributed by atoms with Crippen LogP contribution in [0.3, 0.4) is 0 Å². The molecule has 0 radical (unpaired) electrons. The van der Waals surface area contributed by atoms with E-state index in [4.69, 9.17) is 4.74 Å². The van der Waals surface area contributed by atoms with Gasteiger partial charge in [-0.2, -0.15) is 0 Å². The van der Waals surface area contributed by atoms with Crippen molar-refractivity contribution in [3.63, 3.8) is 0 Å². The lowest BCUT2D eigenvalue weighted by Gasteiger charge is -2.12. The van der Waals surface area contributed by atoms with Crippen molar-refractivity contribution in [2.75, 3.05) is 19.0 Å². The fourth-order valence-electron chi connectivity index (χ4n) is 1.60. The van der Waals surface area contributed by atoms with Gasteiger partial charge in [-0.25, -0.2) is 0 Å². The average molecular weight is 250 g/mol. The predicted molar refractivity (Wildman–Crippen MR) is 75.1 cm³/mol. The number of amidine groups is 1. The molecular formula is C13H18N2OS. The van der Waals surface area contributed by atoms with Gasteiger partial charge in [0.25, 0.3) is 0 Å². The molecule has 1 aliphatic rings. The maximum atomic E-state index is 5.12. The van der Waals surface area contributed by atoms with Crippen LogP contribution in [-0.2, 0) is 0 Å². The van der Waals surface area contributed by atoms with Crippen molar-refractivity contribution in [3.8, 4) is 5.75 Å². The minimum atomic E-state index is 0.607. The number of hydrogen-bond acceptors (Lipinski definition) is 4. The smallest absolute Gasteiger partial charge is 0.161 e. The van der Waals surface area contributed by atoms with E-state index in [0.717, 1.165) is 23.1 Å². The monoisotopic (exact) mass is 250 g/mol. The molecule has 4 heteroatoms. The molecule has 1 unspecified atom stereocenters. The highest BCUT2D eigenvalue weighted by molar-refractivity contribution is 8.15. The third-order valence-corrected chi connectivity index (χ3v) is 4.21. The van der Waals surface area contributed by atoms with E-state index in [0.29, 0.717) is 11.2 Å². The largest absolute Gasteiger partial charge is 0.497 e. The van der Waals surface area contributed by atoms with Gasteiger partial charge in [0.2, 0.25) is 0 Å². The third kappa shape index (κ3) is 3.16. The Labute approximate surface area is 107 Å². The Hall–Kier alpha value is -1.16. The van der Waals surface area contributed by atoms with Crippen LogP contribution >= 0.6 is 11.8 Å². The van der Waals surface area contributed by atoms with Gasteiger partial charge in [0.1, 0.15) is 5.75 Å². The standard InChI is InChI=1S/C13H18N2OS/c1-9(2)12-8-14-13(17-12)15-10-4-6-11(16-3)7-5-10/h4-7,9,12H,8H2,1-3H3,(H,14,15). The lowest BCUT2D eigenvalue weighted by molar-refractivity contribution is 0.415. The molecule has 0 fully saturated rings. The molecule has 0 aliphatic carbocycles. The molecule has 1 aliphatic heterocycles. The summed E-state index contributed by atoms with van der Waals surface area (Å²) >= 11 is 1.83. The van der Waals surface area contributed by atoms with Crippen molar-refractivity contribution in [2.45, 2.75) is 19.1 Å². The molecular weight excluding hydrogens is 232 g/mol. The topological polar surface area (TPSA) is 33.6 Å². The quantitative estimate of drug-likeness (QED) is 0.894. The van der Waals surface area contributed by atoms with E-state index in [9.17, 15) is 0 Å². The zero-order chi connectivity index (χ0) is 12.3. The van der Waals surface area contributed by atoms with Gasteiger partial charge in [0, 0.05) is 10.9 Å². The molecule has 0 spiro atoms. The second kappa shape index (κ2) is 5.45. The van der Waals surface area contributed by atoms with Crippen molar-refractivity contribution in [1.29, 1.82) is 0 Å². The van der Waals surface area contributed by atoms with E-state index in [2.05, 4.69) is 24.2 Å². The van der Waals surface area contributed by atoms with E-state index < -0.39 is 0 Å². The van der Waals surface area contributed by atoms with Crippen LogP contribution in [0.5, 0.6) is 5.75 Å². The Morgan fingerprint density at radius 2 is 2.06 bits per heavy atom. The Bertz CT molecular complexity index is 400. The zero-order valence-electron chi connectivity index (χ0n) is 10.4. The lowest BCUT2D eigenvalue weighted by atomic mass is 10.1. The Morgan fingerprint density at radius 1 is 1.35 bits per heavy atom. The first-order valence-corrected chi connectivity index (χ1v) is 6.69. The molecule has 0 bridgehead atoms. The molecule has 1 heterocycles. The van der Waals surface area contributed by atoms with Gasteiger partial charge in [-0.05, 0) is 30.2 Å². The molecule has 0 saturated heterocycles. The number of aliphatic imine (C=N–C) groups is 1. The highest BCUT2D eigenvalue weighted by Gasteiger charge is 2.22. The van der Waals surface area contributed by atoms with Crippen LogP contribution in [0, 0.1) is 5.92 Å². The Kier molecular flexibility index (Phi) is 3.94. The summed E-state index contributed by atoms with van der Waals surface area (Å²) in [6, 6.07) is 7.90. The first kappa shape index (κ1) is 12.3. The van der Waals surface area contributed by atoms with Crippen molar-refractivity contribution in [1.82, 2.24) is 0 Å². The highest BCUT2D eigenvalue weighted by atomic mass is 32.2. The summed E-state index contributed by atoms with van der Waals surface area (Å²) in [4.78, 5) is 4.51. The number of methoxy groups -OCH3 is 1. The van der Waals surface area contributed by atoms with Crippen LogP contribution in [0.2, 0.25) is 0 Å². The van der Waals surface area contributed by atoms with Gasteiger partial charge in [0.15, 0.2) is 5.17 Å². The van der Waals surface area contributed by atoms with Crippen LogP contribution in [0.4, 0.5) is 5.69 Å². The first-order valence-electron chi connectivity index (χ1n) is 5.81. The van der Waals surface area contributed by atoms with E-state index in [1.807, 2.05) is 36.0 Å². The molecule has 0 aromatic heterocycles. The number of hydrogen-bond donors (Lipinski definition) is 1. The van der Waals surface area contributed by atoms with Gasteiger partial charge < -0.3 is 10.1 Å². The maximum Gasteiger partial charge on any atom is 0.161 e. The molecule has 17 heavy (non-hydrogen) atoms. The molecule has 1 atom stereocenters. The van der Waals surface area contributed by atoms with Gasteiger partial charge in [-0.3, -0.25) is 4.99 Å². The van der Waals surface area contributed by atoms with E-state index in [-0.39, 0.29) is 0 Å². The second-order valence-corrected chi connectivity index (χ2v) is 5.63. The summed E-state index contributed by atoms with van der Waals surface area (Å²) < 4.78 is 5.12. The van der Waals surface area contributed by atoms with Crippen LogP contribution in [-0.4, -0.2) is 24.1 Å². The van der Waals surface area contributed by atoms with Crippen molar-refractivity contribution in [2.24, 2.45) is 10.9 Å². The normalized spacial score (nSPS) is 19.3. The summed E-state index contributed by atoms with van der Waals surface area (Å²) in [7, 11) is 1.67. The van der Waals surface area contributed by atoms with E-state index >= 15 is 0 Å². The zero-order valence-corrected chi connectivity index (χ0v) is 11.3. The third-order valence-electron chi connectivity index (χ3n) is 2.76. The number of ether oxygens (including phenoxy) is 1. The van der Waals surface area contributed by atoms with Gasteiger partial charge >= 0.3 is 0 Å². The summed E-state index contributed by atoms with van der Waals surface area (Å²) in [5.74, 6) is 1.54. The van der Waals surface area contributed by atoms with Gasteiger partial charge in [0.05, 0.1) is 13.7 Å². The molecule has 1 N–H and O–H groups in total. The number of rotatable bonds is 3. The second-order valence-electron chi connectivity index (χ2n) is 4.40. The van der Waals surface area contributed by atoms with E-state index in [1.165, 1.54) is 0 Å². The Morgan fingerprint density at radius 3 is 2.59 bits per heavy atom. The SMILES string of the molecule is COc1ccc(NC2=NCC(C(C)C)S2)cc1. The predicted octanol–water partition coefficient (Wildman–Crippen LogP) is 3.23. The maximum absolute atomic E-state index is 5.12. The highest BCUT2D eigenvalue weighted by Crippen LogP contribution is 2.28. The van der Waals surface area contributed by atoms with E-state index in [1.54, 1.807) is 7.11 Å². The first-order chi connectivity index (χ1) is 8.19. The molecule has 1 aromatic rings. The number of benzene rings is 1. The molecule has 0 amide bonds. The van der Waals surface area contributed by atoms with Gasteiger partial charge in [-0.15, -0.1) is 0 Å². The molecule has 0 saturated carbocycles. The molecule has 3 nitrogen and oxygen atoms in total. The van der Waals surface area contributed by atoms with Crippen LogP contribution in [0.15, 0.2) is 29.3 Å². The van der Waals surface area contributed by atoms with Crippen LogP contribution < -0.4 is 10.1 Å². The fraction of sp³-hybridized carbons (Fsp3) is 0.462. The fourth-order valence-corrected chi connectivity index (χ4v) is 2.64. The molecule has 92 valence electrons. The summed E-state index contributed by atoms with van der Waals surface area (Å²) in [6.07, 6.45) is 0. The van der Waals surface area contributed by atoms with Crippen molar-refractivity contribution in [3.05, 3.63) is 24.3 Å². The minimum absolute atomic E-state index is 0.607. The number of thioether (sulfide) groups is 1. The number of anilines is 1. The molecule has 2 rings (SSSR count). The lowest BCUT2D eigenvalue weighted by Crippen LogP contribution is -2.13. The van der Waals surface area contributed by atoms with Gasteiger partial charge in [-0.1, -0.05) is 25.6 Å². The number of nitrogens with one attached hydrogen (secondary N) is 1. The summed E-state index contributed by atoms with van der Waals surface area (Å²) in [5.41, 5.74) is 1.06. The number of nitrogens with zero attached hydrogens (tertiary/aromatic N) is 1. The Balaban J connectivity index is 1.93. The van der Waals surface area contributed by atoms with Crippen LogP contribution in [0.25, 0.3) is 0 Å². The summed E-state index contributed by atoms with van der Waals surface area (Å²) in [5, 5.41) is 4.96.